The highest BCUT2D eigenvalue weighted by Gasteiger charge is 2.19. The van der Waals surface area contributed by atoms with E-state index in [2.05, 4.69) is 24.1 Å². The van der Waals surface area contributed by atoms with Gasteiger partial charge in [-0.05, 0) is 55.7 Å². The minimum absolute atomic E-state index is 0.344. The Labute approximate surface area is 127 Å². The number of ether oxygens (including phenoxy) is 1. The molecule has 1 aliphatic carbocycles. The Balaban J connectivity index is 1.59. The maximum Gasteiger partial charge on any atom is 0.0897 e. The van der Waals surface area contributed by atoms with Crippen LogP contribution in [0, 0.1) is 12.8 Å². The molecule has 1 heterocycles. The summed E-state index contributed by atoms with van der Waals surface area (Å²) < 4.78 is 5.82. The third kappa shape index (κ3) is 5.73. The Morgan fingerprint density at radius 2 is 2.14 bits per heavy atom. The number of pyridine rings is 1. The summed E-state index contributed by atoms with van der Waals surface area (Å²) in [7, 11) is 0. The van der Waals surface area contributed by atoms with Crippen LogP contribution in [-0.4, -0.2) is 35.5 Å². The predicted molar refractivity (Wildman–Crippen MR) is 84.1 cm³/mol. The third-order valence-corrected chi connectivity index (χ3v) is 4.33. The van der Waals surface area contributed by atoms with Crippen LogP contribution in [-0.2, 0) is 11.3 Å². The van der Waals surface area contributed by atoms with E-state index in [0.29, 0.717) is 19.3 Å². The number of aliphatic hydroxyl groups is 1. The van der Waals surface area contributed by atoms with E-state index in [0.717, 1.165) is 25.3 Å². The van der Waals surface area contributed by atoms with Crippen LogP contribution in [0.1, 0.15) is 43.7 Å². The minimum atomic E-state index is -0.443. The minimum Gasteiger partial charge on any atom is -0.389 e. The maximum atomic E-state index is 9.98. The molecule has 0 amide bonds. The molecule has 1 aliphatic rings. The van der Waals surface area contributed by atoms with Gasteiger partial charge in [-0.25, -0.2) is 0 Å². The zero-order valence-electron chi connectivity index (χ0n) is 13.2. The van der Waals surface area contributed by atoms with E-state index in [1.165, 1.54) is 24.0 Å². The predicted octanol–water partition coefficient (Wildman–Crippen LogP) is 2.44. The molecular formula is C17H28N2O2. The lowest BCUT2D eigenvalue weighted by Crippen LogP contribution is -2.32. The van der Waals surface area contributed by atoms with Gasteiger partial charge in [0, 0.05) is 25.5 Å². The second-order valence-corrected chi connectivity index (χ2v) is 6.30. The van der Waals surface area contributed by atoms with Gasteiger partial charge in [0.2, 0.25) is 0 Å². The fraction of sp³-hybridized carbons (Fsp3) is 0.706. The van der Waals surface area contributed by atoms with Gasteiger partial charge in [0.25, 0.3) is 0 Å². The second kappa shape index (κ2) is 8.47. The molecule has 2 rings (SSSR count). The highest BCUT2D eigenvalue weighted by molar-refractivity contribution is 5.20. The average molecular weight is 292 g/mol. The van der Waals surface area contributed by atoms with Gasteiger partial charge >= 0.3 is 0 Å². The first-order valence-corrected chi connectivity index (χ1v) is 8.05. The number of aromatic nitrogens is 1. The van der Waals surface area contributed by atoms with E-state index in [1.807, 2.05) is 12.3 Å². The van der Waals surface area contributed by atoms with Gasteiger partial charge in [0.15, 0.2) is 0 Å². The molecule has 1 fully saturated rings. The Kier molecular flexibility index (Phi) is 6.61. The fourth-order valence-electron chi connectivity index (χ4n) is 2.76. The molecular weight excluding hydrogens is 264 g/mol. The van der Waals surface area contributed by atoms with E-state index >= 15 is 0 Å². The van der Waals surface area contributed by atoms with Crippen molar-refractivity contribution in [2.75, 3.05) is 13.2 Å². The van der Waals surface area contributed by atoms with E-state index in [-0.39, 0.29) is 0 Å². The molecule has 4 heteroatoms. The van der Waals surface area contributed by atoms with Crippen LogP contribution in [0.15, 0.2) is 18.5 Å². The van der Waals surface area contributed by atoms with E-state index < -0.39 is 6.10 Å². The molecule has 21 heavy (non-hydrogen) atoms. The number of nitrogens with one attached hydrogen (secondary N) is 1. The van der Waals surface area contributed by atoms with Gasteiger partial charge in [-0.2, -0.15) is 0 Å². The summed E-state index contributed by atoms with van der Waals surface area (Å²) in [5.41, 5.74) is 2.39. The van der Waals surface area contributed by atoms with Gasteiger partial charge in [-0.3, -0.25) is 4.98 Å². The van der Waals surface area contributed by atoms with Crippen LogP contribution in [0.5, 0.6) is 0 Å². The normalized spacial score (nSPS) is 24.0. The molecule has 1 aromatic heterocycles. The molecule has 1 aromatic rings. The second-order valence-electron chi connectivity index (χ2n) is 6.30. The van der Waals surface area contributed by atoms with Crippen molar-refractivity contribution in [2.45, 2.75) is 58.3 Å². The molecule has 0 saturated heterocycles. The van der Waals surface area contributed by atoms with E-state index in [1.54, 1.807) is 6.20 Å². The van der Waals surface area contributed by atoms with Crippen molar-refractivity contribution in [3.8, 4) is 0 Å². The van der Waals surface area contributed by atoms with Gasteiger partial charge in [-0.1, -0.05) is 6.92 Å². The lowest BCUT2D eigenvalue weighted by molar-refractivity contribution is -0.0278. The van der Waals surface area contributed by atoms with Crippen molar-refractivity contribution in [3.63, 3.8) is 0 Å². The SMILES string of the molecule is Cc1ccncc1CNCC(O)COC1CCC(C)CC1. The Bertz CT molecular complexity index is 417. The summed E-state index contributed by atoms with van der Waals surface area (Å²) in [4.78, 5) is 4.12. The molecule has 0 aliphatic heterocycles. The van der Waals surface area contributed by atoms with Crippen molar-refractivity contribution in [1.82, 2.24) is 10.3 Å². The van der Waals surface area contributed by atoms with Crippen LogP contribution in [0.2, 0.25) is 0 Å². The average Bonchev–Trinajstić information content (AvgIpc) is 2.49. The number of aryl methyl sites for hydroxylation is 1. The first kappa shape index (κ1) is 16.4. The van der Waals surface area contributed by atoms with Crippen molar-refractivity contribution in [3.05, 3.63) is 29.6 Å². The van der Waals surface area contributed by atoms with Gasteiger partial charge in [0.05, 0.1) is 18.8 Å². The molecule has 2 N–H and O–H groups in total. The standard InChI is InChI=1S/C17H28N2O2/c1-13-3-5-17(6-4-13)21-12-16(20)11-19-10-15-9-18-8-7-14(15)2/h7-9,13,16-17,19-20H,3-6,10-12H2,1-2H3. The highest BCUT2D eigenvalue weighted by atomic mass is 16.5. The van der Waals surface area contributed by atoms with Crippen molar-refractivity contribution in [1.29, 1.82) is 0 Å². The number of rotatable bonds is 7. The lowest BCUT2D eigenvalue weighted by atomic mass is 9.89. The number of hydrogen-bond donors (Lipinski definition) is 2. The molecule has 1 atom stereocenters. The lowest BCUT2D eigenvalue weighted by Gasteiger charge is -2.27. The summed E-state index contributed by atoms with van der Waals surface area (Å²) in [6.45, 7) is 6.09. The maximum absolute atomic E-state index is 9.98. The van der Waals surface area contributed by atoms with Crippen LogP contribution in [0.25, 0.3) is 0 Å². The van der Waals surface area contributed by atoms with Crippen molar-refractivity contribution in [2.24, 2.45) is 5.92 Å². The topological polar surface area (TPSA) is 54.4 Å². The van der Waals surface area contributed by atoms with Crippen molar-refractivity contribution < 1.29 is 9.84 Å². The first-order valence-electron chi connectivity index (χ1n) is 8.05. The number of hydrogen-bond acceptors (Lipinski definition) is 4. The highest BCUT2D eigenvalue weighted by Crippen LogP contribution is 2.25. The number of aliphatic hydroxyl groups excluding tert-OH is 1. The van der Waals surface area contributed by atoms with Crippen LogP contribution < -0.4 is 5.32 Å². The largest absolute Gasteiger partial charge is 0.389 e. The van der Waals surface area contributed by atoms with Gasteiger partial charge in [-0.15, -0.1) is 0 Å². The monoisotopic (exact) mass is 292 g/mol. The summed E-state index contributed by atoms with van der Waals surface area (Å²) in [6.07, 6.45) is 8.34. The smallest absolute Gasteiger partial charge is 0.0897 e. The molecule has 0 aromatic carbocycles. The van der Waals surface area contributed by atoms with Gasteiger partial charge < -0.3 is 15.2 Å². The Morgan fingerprint density at radius 1 is 1.38 bits per heavy atom. The van der Waals surface area contributed by atoms with Crippen molar-refractivity contribution >= 4 is 0 Å². The Hall–Kier alpha value is -0.970. The third-order valence-electron chi connectivity index (χ3n) is 4.33. The van der Waals surface area contributed by atoms with Gasteiger partial charge in [0.1, 0.15) is 0 Å². The summed E-state index contributed by atoms with van der Waals surface area (Å²) in [6, 6.07) is 2.00. The Morgan fingerprint density at radius 3 is 2.86 bits per heavy atom. The molecule has 0 bridgehead atoms. The molecule has 118 valence electrons. The van der Waals surface area contributed by atoms with Crippen LogP contribution >= 0.6 is 0 Å². The zero-order chi connectivity index (χ0) is 15.1. The fourth-order valence-corrected chi connectivity index (χ4v) is 2.76. The summed E-state index contributed by atoms with van der Waals surface area (Å²) in [5, 5.41) is 13.2. The first-order chi connectivity index (χ1) is 10.1. The zero-order valence-corrected chi connectivity index (χ0v) is 13.2. The van der Waals surface area contributed by atoms with E-state index in [4.69, 9.17) is 4.74 Å². The molecule has 0 spiro atoms. The van der Waals surface area contributed by atoms with Crippen LogP contribution in [0.4, 0.5) is 0 Å². The summed E-state index contributed by atoms with van der Waals surface area (Å²) >= 11 is 0. The molecule has 0 radical (unpaired) electrons. The van der Waals surface area contributed by atoms with E-state index in [9.17, 15) is 5.11 Å². The quantitative estimate of drug-likeness (QED) is 0.810. The molecule has 1 unspecified atom stereocenters. The number of nitrogens with zero attached hydrogens (tertiary/aromatic N) is 1. The summed E-state index contributed by atoms with van der Waals surface area (Å²) in [5.74, 6) is 0.833. The molecule has 4 nitrogen and oxygen atoms in total. The van der Waals surface area contributed by atoms with Crippen LogP contribution in [0.3, 0.4) is 0 Å². The molecule has 1 saturated carbocycles.